The number of pyridine rings is 1. The fourth-order valence-electron chi connectivity index (χ4n) is 2.67. The van der Waals surface area contributed by atoms with Crippen molar-refractivity contribution < 1.29 is 4.74 Å². The maximum Gasteiger partial charge on any atom is 0.241 e. The molecule has 2 aromatic rings. The third-order valence-electron chi connectivity index (χ3n) is 3.48. The molecular weight excluding hydrogens is 282 g/mol. The van der Waals surface area contributed by atoms with Crippen LogP contribution in [0.25, 0.3) is 10.9 Å². The number of methoxy groups -OCH3 is 1. The molecule has 5 heteroatoms. The zero-order valence-corrected chi connectivity index (χ0v) is 11.3. The number of nitrogens with zero attached hydrogens (tertiary/aromatic N) is 3. The van der Waals surface area contributed by atoms with Gasteiger partial charge in [0.15, 0.2) is 0 Å². The van der Waals surface area contributed by atoms with Crippen molar-refractivity contribution in [2.45, 2.75) is 31.6 Å². The number of aromatic nitrogens is 3. The monoisotopic (exact) mass is 295 g/mol. The predicted octanol–water partition coefficient (Wildman–Crippen LogP) is 3.26. The van der Waals surface area contributed by atoms with Gasteiger partial charge in [-0.25, -0.2) is 4.98 Å². The van der Waals surface area contributed by atoms with Crippen molar-refractivity contribution in [2.24, 2.45) is 0 Å². The molecule has 0 aliphatic heterocycles. The molecule has 3 rings (SSSR count). The summed E-state index contributed by atoms with van der Waals surface area (Å²) in [7, 11) is 1.64. The first-order valence-electron chi connectivity index (χ1n) is 5.89. The summed E-state index contributed by atoms with van der Waals surface area (Å²) in [5.74, 6) is 1.21. The number of hydrogen-bond donors (Lipinski definition) is 0. The number of hydrogen-bond acceptors (Lipinski definition) is 3. The summed E-state index contributed by atoms with van der Waals surface area (Å²) in [5.41, 5.74) is 2.10. The van der Waals surface area contributed by atoms with Crippen molar-refractivity contribution in [3.05, 3.63) is 18.0 Å². The Morgan fingerprint density at radius 2 is 2.18 bits per heavy atom. The predicted molar refractivity (Wildman–Crippen MR) is 69.6 cm³/mol. The standard InChI is InChI=1S/C12H14BrN3O/c1-17-12-11-9(6-7-14-12)10(15-16(11)13)8-4-2-3-5-8/h6-8H,2-5H2,1H3. The van der Waals surface area contributed by atoms with E-state index in [1.165, 1.54) is 31.4 Å². The summed E-state index contributed by atoms with van der Waals surface area (Å²) < 4.78 is 6.99. The van der Waals surface area contributed by atoms with Crippen LogP contribution in [0.4, 0.5) is 0 Å². The first-order valence-corrected chi connectivity index (χ1v) is 6.60. The summed E-state index contributed by atoms with van der Waals surface area (Å²) in [6, 6.07) is 2.02. The fourth-order valence-corrected chi connectivity index (χ4v) is 3.18. The van der Waals surface area contributed by atoms with Gasteiger partial charge in [-0.2, -0.15) is 8.81 Å². The Morgan fingerprint density at radius 1 is 1.41 bits per heavy atom. The van der Waals surface area contributed by atoms with Gasteiger partial charge in [-0.05, 0) is 18.9 Å². The molecule has 2 aromatic heterocycles. The molecule has 90 valence electrons. The molecule has 2 heterocycles. The Hall–Kier alpha value is -1.10. The molecule has 0 aromatic carbocycles. The van der Waals surface area contributed by atoms with Gasteiger partial charge >= 0.3 is 0 Å². The van der Waals surface area contributed by atoms with Crippen molar-refractivity contribution in [3.63, 3.8) is 0 Å². The number of fused-ring (bicyclic) bond motifs is 1. The molecule has 4 nitrogen and oxygen atoms in total. The molecule has 0 N–H and O–H groups in total. The smallest absolute Gasteiger partial charge is 0.241 e. The molecule has 1 fully saturated rings. The van der Waals surface area contributed by atoms with Crippen molar-refractivity contribution in [1.82, 2.24) is 13.8 Å². The highest BCUT2D eigenvalue weighted by Crippen LogP contribution is 2.38. The van der Waals surface area contributed by atoms with E-state index in [2.05, 4.69) is 26.2 Å². The minimum absolute atomic E-state index is 0.586. The van der Waals surface area contributed by atoms with Crippen LogP contribution in [0.1, 0.15) is 37.3 Å². The highest BCUT2D eigenvalue weighted by atomic mass is 79.9. The lowest BCUT2D eigenvalue weighted by Crippen LogP contribution is -1.94. The first-order chi connectivity index (χ1) is 8.31. The Kier molecular flexibility index (Phi) is 2.78. The summed E-state index contributed by atoms with van der Waals surface area (Å²) in [4.78, 5) is 4.21. The zero-order chi connectivity index (χ0) is 11.8. The molecule has 1 aliphatic carbocycles. The molecule has 1 saturated carbocycles. The lowest BCUT2D eigenvalue weighted by atomic mass is 10.0. The van der Waals surface area contributed by atoms with Crippen LogP contribution in [0.2, 0.25) is 0 Å². The van der Waals surface area contributed by atoms with Gasteiger partial charge in [-0.1, -0.05) is 12.8 Å². The van der Waals surface area contributed by atoms with Crippen LogP contribution in [0.15, 0.2) is 12.3 Å². The van der Waals surface area contributed by atoms with E-state index >= 15 is 0 Å². The van der Waals surface area contributed by atoms with Crippen molar-refractivity contribution in [2.75, 3.05) is 7.11 Å². The van der Waals surface area contributed by atoms with E-state index in [0.717, 1.165) is 10.9 Å². The van der Waals surface area contributed by atoms with Crippen LogP contribution in [0, 0.1) is 0 Å². The minimum Gasteiger partial charge on any atom is -0.479 e. The van der Waals surface area contributed by atoms with Gasteiger partial charge in [-0.15, -0.1) is 0 Å². The maximum absolute atomic E-state index is 5.28. The first kappa shape index (κ1) is 11.0. The second kappa shape index (κ2) is 4.29. The molecular formula is C12H14BrN3O. The Bertz CT molecular complexity index is 546. The summed E-state index contributed by atoms with van der Waals surface area (Å²) in [6.45, 7) is 0. The van der Waals surface area contributed by atoms with Crippen LogP contribution in [0.3, 0.4) is 0 Å². The maximum atomic E-state index is 5.28. The average molecular weight is 296 g/mol. The minimum atomic E-state index is 0.586. The van der Waals surface area contributed by atoms with Crippen LogP contribution in [-0.4, -0.2) is 20.9 Å². The van der Waals surface area contributed by atoms with Crippen LogP contribution in [-0.2, 0) is 0 Å². The van der Waals surface area contributed by atoms with Gasteiger partial charge in [0.2, 0.25) is 5.88 Å². The van der Waals surface area contributed by atoms with E-state index < -0.39 is 0 Å². The Morgan fingerprint density at radius 3 is 2.88 bits per heavy atom. The van der Waals surface area contributed by atoms with Crippen molar-refractivity contribution in [1.29, 1.82) is 0 Å². The third-order valence-corrected chi connectivity index (χ3v) is 4.00. The Balaban J connectivity index is 2.20. The van der Waals surface area contributed by atoms with Crippen LogP contribution < -0.4 is 4.74 Å². The lowest BCUT2D eigenvalue weighted by Gasteiger charge is -2.05. The van der Waals surface area contributed by atoms with E-state index in [0.29, 0.717) is 11.8 Å². The topological polar surface area (TPSA) is 39.9 Å². The molecule has 0 spiro atoms. The van der Waals surface area contributed by atoms with E-state index in [4.69, 9.17) is 4.74 Å². The second-order valence-electron chi connectivity index (χ2n) is 4.44. The zero-order valence-electron chi connectivity index (χ0n) is 9.69. The summed E-state index contributed by atoms with van der Waals surface area (Å²) in [6.07, 6.45) is 6.88. The Labute approximate surface area is 108 Å². The highest BCUT2D eigenvalue weighted by Gasteiger charge is 2.24. The molecule has 17 heavy (non-hydrogen) atoms. The molecule has 0 atom stereocenters. The van der Waals surface area contributed by atoms with E-state index in [-0.39, 0.29) is 0 Å². The normalized spacial score (nSPS) is 16.8. The van der Waals surface area contributed by atoms with E-state index in [9.17, 15) is 0 Å². The van der Waals surface area contributed by atoms with E-state index in [1.807, 2.05) is 6.07 Å². The number of ether oxygens (including phenoxy) is 1. The molecule has 0 amide bonds. The van der Waals surface area contributed by atoms with Crippen LogP contribution in [0.5, 0.6) is 5.88 Å². The number of halogens is 1. The molecule has 0 unspecified atom stereocenters. The molecule has 1 aliphatic rings. The lowest BCUT2D eigenvalue weighted by molar-refractivity contribution is 0.402. The van der Waals surface area contributed by atoms with Crippen molar-refractivity contribution >= 4 is 27.1 Å². The summed E-state index contributed by atoms with van der Waals surface area (Å²) in [5, 5.41) is 5.75. The summed E-state index contributed by atoms with van der Waals surface area (Å²) >= 11 is 3.44. The molecule has 0 saturated heterocycles. The SMILES string of the molecule is COc1nccc2c(C3CCCC3)nn(Br)c12. The third kappa shape index (κ3) is 1.73. The largest absolute Gasteiger partial charge is 0.479 e. The van der Waals surface area contributed by atoms with Gasteiger partial charge < -0.3 is 4.74 Å². The molecule has 0 radical (unpaired) electrons. The fraction of sp³-hybridized carbons (Fsp3) is 0.500. The average Bonchev–Trinajstić information content (AvgIpc) is 2.97. The van der Waals surface area contributed by atoms with Crippen molar-refractivity contribution in [3.8, 4) is 5.88 Å². The van der Waals surface area contributed by atoms with Gasteiger partial charge in [0.1, 0.15) is 5.52 Å². The number of rotatable bonds is 2. The quantitative estimate of drug-likeness (QED) is 0.854. The van der Waals surface area contributed by atoms with Crippen LogP contribution >= 0.6 is 16.1 Å². The van der Waals surface area contributed by atoms with Gasteiger partial charge in [-0.3, -0.25) is 0 Å². The highest BCUT2D eigenvalue weighted by molar-refractivity contribution is 9.08. The van der Waals surface area contributed by atoms with E-state index in [1.54, 1.807) is 17.0 Å². The second-order valence-corrected chi connectivity index (χ2v) is 5.11. The van der Waals surface area contributed by atoms with Gasteiger partial charge in [0.25, 0.3) is 0 Å². The molecule has 0 bridgehead atoms. The van der Waals surface area contributed by atoms with Gasteiger partial charge in [0.05, 0.1) is 29.0 Å². The van der Waals surface area contributed by atoms with Gasteiger partial charge in [0, 0.05) is 17.5 Å².